The second kappa shape index (κ2) is 3.21. The minimum Gasteiger partial charge on any atom is -0.333 e. The van der Waals surface area contributed by atoms with Crippen LogP contribution in [0.4, 0.5) is 0 Å². The Labute approximate surface area is 57.6 Å². The summed E-state index contributed by atoms with van der Waals surface area (Å²) in [6.45, 7) is 0. The van der Waals surface area contributed by atoms with Gasteiger partial charge < -0.3 is 5.73 Å². The van der Waals surface area contributed by atoms with E-state index in [1.54, 1.807) is 32.1 Å². The van der Waals surface area contributed by atoms with Gasteiger partial charge in [-0.25, -0.2) is 0 Å². The van der Waals surface area contributed by atoms with Crippen LogP contribution in [0.1, 0.15) is 32.1 Å². The Morgan fingerprint density at radius 2 is 1.22 bits per heavy atom. The molecule has 2 rings (SSSR count). The van der Waals surface area contributed by atoms with E-state index in [0.717, 1.165) is 0 Å². The Hall–Kier alpha value is -0.0400. The summed E-state index contributed by atoms with van der Waals surface area (Å²) in [7, 11) is 1.50. The Morgan fingerprint density at radius 3 is 1.33 bits per heavy atom. The van der Waals surface area contributed by atoms with E-state index >= 15 is 0 Å². The van der Waals surface area contributed by atoms with Gasteiger partial charge in [-0.15, -0.1) is 0 Å². The molecule has 0 aliphatic heterocycles. The quantitative estimate of drug-likeness (QED) is 0.527. The summed E-state index contributed by atoms with van der Waals surface area (Å²) in [4.78, 5) is 0. The maximum atomic E-state index is 4.50. The fourth-order valence-electron chi connectivity index (χ4n) is 2.17. The highest BCUT2D eigenvalue weighted by molar-refractivity contribution is 4.82. The van der Waals surface area contributed by atoms with Crippen LogP contribution in [0, 0.1) is 11.8 Å². The first-order chi connectivity index (χ1) is 4.45. The highest BCUT2D eigenvalue weighted by Crippen LogP contribution is 2.43. The van der Waals surface area contributed by atoms with Gasteiger partial charge in [-0.05, 0) is 25.3 Å². The fourth-order valence-corrected chi connectivity index (χ4v) is 2.17. The van der Waals surface area contributed by atoms with E-state index in [-0.39, 0.29) is 0 Å². The molecule has 2 bridgehead atoms. The summed E-state index contributed by atoms with van der Waals surface area (Å²) in [5.74, 6) is 2.34. The molecule has 1 nitrogen and oxygen atoms in total. The van der Waals surface area contributed by atoms with Crippen LogP contribution < -0.4 is 5.73 Å². The average molecular weight is 127 g/mol. The lowest BCUT2D eigenvalue weighted by Crippen LogP contribution is -1.90. The molecule has 2 saturated carbocycles. The van der Waals surface area contributed by atoms with Crippen molar-refractivity contribution in [2.45, 2.75) is 32.1 Å². The van der Waals surface area contributed by atoms with Crippen molar-refractivity contribution in [1.29, 1.82) is 0 Å². The molecule has 9 heavy (non-hydrogen) atoms. The maximum Gasteiger partial charge on any atom is -0.0195 e. The van der Waals surface area contributed by atoms with E-state index in [4.69, 9.17) is 0 Å². The fraction of sp³-hybridized carbons (Fsp3) is 1.00. The number of hydrogen-bond acceptors (Lipinski definition) is 1. The van der Waals surface area contributed by atoms with E-state index in [2.05, 4.69) is 5.73 Å². The van der Waals surface area contributed by atoms with Crippen LogP contribution in [0.3, 0.4) is 0 Å². The van der Waals surface area contributed by atoms with Crippen molar-refractivity contribution in [3.05, 3.63) is 0 Å². The molecule has 0 saturated heterocycles. The molecule has 0 unspecified atom stereocenters. The van der Waals surface area contributed by atoms with Gasteiger partial charge in [0.05, 0.1) is 0 Å². The lowest BCUT2D eigenvalue weighted by Gasteiger charge is -2.05. The molecule has 0 radical (unpaired) electrons. The molecule has 0 aromatic carbocycles. The molecule has 0 atom stereocenters. The largest absolute Gasteiger partial charge is 0.333 e. The van der Waals surface area contributed by atoms with Crippen molar-refractivity contribution in [3.8, 4) is 0 Å². The van der Waals surface area contributed by atoms with Gasteiger partial charge in [-0.1, -0.05) is 25.7 Å². The van der Waals surface area contributed by atoms with E-state index in [9.17, 15) is 0 Å². The molecule has 0 spiro atoms. The summed E-state index contributed by atoms with van der Waals surface area (Å²) < 4.78 is 0. The highest BCUT2D eigenvalue weighted by Gasteiger charge is 2.30. The standard InChI is InChI=1S/C7H12.CH5N/c1-2-7-4-3-6(1)5-7;1-2/h6-7H,1-5H2;2H2,1H3. The van der Waals surface area contributed by atoms with E-state index in [0.29, 0.717) is 0 Å². The Balaban J connectivity index is 0.000000186. The molecule has 0 amide bonds. The molecule has 0 heterocycles. The number of fused-ring (bicyclic) bond motifs is 2. The molecular weight excluding hydrogens is 110 g/mol. The zero-order chi connectivity index (χ0) is 6.69. The lowest BCUT2D eigenvalue weighted by atomic mass is 10.0. The normalized spacial score (nSPS) is 38.0. The number of rotatable bonds is 0. The third kappa shape index (κ3) is 1.45. The van der Waals surface area contributed by atoms with Crippen molar-refractivity contribution >= 4 is 0 Å². The van der Waals surface area contributed by atoms with Crippen LogP contribution in [0.5, 0.6) is 0 Å². The van der Waals surface area contributed by atoms with Gasteiger partial charge in [0, 0.05) is 0 Å². The molecule has 54 valence electrons. The molecule has 2 N–H and O–H groups in total. The first kappa shape index (κ1) is 7.07. The third-order valence-electron chi connectivity index (χ3n) is 2.63. The van der Waals surface area contributed by atoms with Gasteiger partial charge in [-0.2, -0.15) is 0 Å². The first-order valence-corrected chi connectivity index (χ1v) is 4.03. The Bertz CT molecular complexity index is 62.6. The van der Waals surface area contributed by atoms with Gasteiger partial charge in [0.2, 0.25) is 0 Å². The van der Waals surface area contributed by atoms with Crippen LogP contribution in [0.25, 0.3) is 0 Å². The van der Waals surface area contributed by atoms with Crippen molar-refractivity contribution in [3.63, 3.8) is 0 Å². The molecule has 1 heteroatoms. The van der Waals surface area contributed by atoms with Crippen molar-refractivity contribution < 1.29 is 0 Å². The second-order valence-electron chi connectivity index (χ2n) is 3.12. The van der Waals surface area contributed by atoms with Crippen LogP contribution in [0.2, 0.25) is 0 Å². The molecule has 0 aromatic heterocycles. The van der Waals surface area contributed by atoms with Gasteiger partial charge >= 0.3 is 0 Å². The molecule has 2 aliphatic carbocycles. The predicted molar refractivity (Wildman–Crippen MR) is 40.2 cm³/mol. The Kier molecular flexibility index (Phi) is 2.52. The molecule has 0 aromatic rings. The summed E-state index contributed by atoms with van der Waals surface area (Å²) >= 11 is 0. The van der Waals surface area contributed by atoms with Gasteiger partial charge in [0.1, 0.15) is 0 Å². The summed E-state index contributed by atoms with van der Waals surface area (Å²) in [5.41, 5.74) is 4.50. The van der Waals surface area contributed by atoms with Gasteiger partial charge in [-0.3, -0.25) is 0 Å². The average Bonchev–Trinajstić information content (AvgIpc) is 2.53. The highest BCUT2D eigenvalue weighted by atomic mass is 14.4. The van der Waals surface area contributed by atoms with E-state index in [1.807, 2.05) is 0 Å². The monoisotopic (exact) mass is 127 g/mol. The third-order valence-corrected chi connectivity index (χ3v) is 2.63. The van der Waals surface area contributed by atoms with Crippen LogP contribution in [0.15, 0.2) is 0 Å². The SMILES string of the molecule is C1CC2CCC1C2.CN. The topological polar surface area (TPSA) is 26.0 Å². The zero-order valence-electron chi connectivity index (χ0n) is 6.27. The van der Waals surface area contributed by atoms with Crippen LogP contribution in [-0.2, 0) is 0 Å². The van der Waals surface area contributed by atoms with E-state index < -0.39 is 0 Å². The van der Waals surface area contributed by atoms with Crippen molar-refractivity contribution in [1.82, 2.24) is 0 Å². The number of nitrogens with two attached hydrogens (primary N) is 1. The number of hydrogen-bond donors (Lipinski definition) is 1. The van der Waals surface area contributed by atoms with Crippen LogP contribution in [-0.4, -0.2) is 7.05 Å². The van der Waals surface area contributed by atoms with Gasteiger partial charge in [0.15, 0.2) is 0 Å². The van der Waals surface area contributed by atoms with E-state index in [1.165, 1.54) is 18.9 Å². The maximum absolute atomic E-state index is 4.50. The first-order valence-electron chi connectivity index (χ1n) is 4.03. The smallest absolute Gasteiger partial charge is 0.0195 e. The van der Waals surface area contributed by atoms with Crippen molar-refractivity contribution in [2.75, 3.05) is 7.05 Å². The summed E-state index contributed by atoms with van der Waals surface area (Å²) in [5, 5.41) is 0. The minimum absolute atomic E-state index is 1.17. The lowest BCUT2D eigenvalue weighted by molar-refractivity contribution is 0.480. The van der Waals surface area contributed by atoms with Gasteiger partial charge in [0.25, 0.3) is 0 Å². The second-order valence-corrected chi connectivity index (χ2v) is 3.12. The minimum atomic E-state index is 1.17. The summed E-state index contributed by atoms with van der Waals surface area (Å²) in [6.07, 6.45) is 7.82. The molecule has 2 fully saturated rings. The molecular formula is C8H17N. The predicted octanol–water partition coefficient (Wildman–Crippen LogP) is 1.77. The molecule has 2 aliphatic rings. The van der Waals surface area contributed by atoms with Crippen molar-refractivity contribution in [2.24, 2.45) is 17.6 Å². The van der Waals surface area contributed by atoms with Crippen LogP contribution >= 0.6 is 0 Å². The zero-order valence-corrected chi connectivity index (χ0v) is 6.27. The Morgan fingerprint density at radius 1 is 0.889 bits per heavy atom. The summed E-state index contributed by atoms with van der Waals surface area (Å²) in [6, 6.07) is 0.